The van der Waals surface area contributed by atoms with Gasteiger partial charge in [-0.15, -0.1) is 0 Å². The van der Waals surface area contributed by atoms with Gasteiger partial charge in [-0.1, -0.05) is 0 Å². The van der Waals surface area contributed by atoms with E-state index in [4.69, 9.17) is 5.26 Å². The molecule has 0 saturated carbocycles. The van der Waals surface area contributed by atoms with Gasteiger partial charge in [0, 0.05) is 37.3 Å². The van der Waals surface area contributed by atoms with Gasteiger partial charge >= 0.3 is 0 Å². The van der Waals surface area contributed by atoms with Crippen molar-refractivity contribution in [3.8, 4) is 6.07 Å². The van der Waals surface area contributed by atoms with Gasteiger partial charge in [0.25, 0.3) is 5.91 Å². The Labute approximate surface area is 122 Å². The minimum absolute atomic E-state index is 0.00762. The van der Waals surface area contributed by atoms with Crippen LogP contribution in [0.2, 0.25) is 0 Å². The Morgan fingerprint density at radius 3 is 3.05 bits per heavy atom. The van der Waals surface area contributed by atoms with Gasteiger partial charge in [-0.05, 0) is 30.2 Å². The second-order valence-corrected chi connectivity index (χ2v) is 5.27. The topological polar surface area (TPSA) is 85.2 Å². The third-order valence-corrected chi connectivity index (χ3v) is 3.90. The number of benzene rings is 1. The van der Waals surface area contributed by atoms with E-state index in [1.807, 2.05) is 6.07 Å². The lowest BCUT2D eigenvalue weighted by molar-refractivity contribution is -0.116. The molecule has 2 N–H and O–H groups in total. The zero-order valence-electron chi connectivity index (χ0n) is 11.6. The predicted octanol–water partition coefficient (Wildman–Crippen LogP) is 0.509. The Bertz CT molecular complexity index is 635. The molecule has 21 heavy (non-hydrogen) atoms. The summed E-state index contributed by atoms with van der Waals surface area (Å²) in [6.07, 6.45) is 1.09. The number of nitriles is 1. The van der Waals surface area contributed by atoms with Gasteiger partial charge in [-0.2, -0.15) is 5.26 Å². The van der Waals surface area contributed by atoms with Crippen molar-refractivity contribution in [3.05, 3.63) is 29.3 Å². The number of aryl methyl sites for hydroxylation is 1. The highest BCUT2D eigenvalue weighted by atomic mass is 16.2. The first-order valence-corrected chi connectivity index (χ1v) is 7.03. The maximum Gasteiger partial charge on any atom is 0.255 e. The van der Waals surface area contributed by atoms with Crippen LogP contribution in [-0.2, 0) is 11.2 Å². The molecule has 2 aliphatic heterocycles. The molecule has 1 unspecified atom stereocenters. The van der Waals surface area contributed by atoms with E-state index < -0.39 is 6.04 Å². The minimum Gasteiger partial charge on any atom is -0.326 e. The molecule has 0 bridgehead atoms. The summed E-state index contributed by atoms with van der Waals surface area (Å²) in [7, 11) is 0. The number of amides is 2. The molecule has 0 radical (unpaired) electrons. The molecule has 0 spiro atoms. The smallest absolute Gasteiger partial charge is 0.255 e. The Hall–Kier alpha value is -2.39. The molecule has 1 aromatic rings. The van der Waals surface area contributed by atoms with Crippen LogP contribution in [0.1, 0.15) is 22.3 Å². The summed E-state index contributed by atoms with van der Waals surface area (Å²) < 4.78 is 0. The number of piperazine rings is 1. The molecule has 2 amide bonds. The van der Waals surface area contributed by atoms with E-state index in [0.717, 1.165) is 11.3 Å². The molecule has 1 saturated heterocycles. The lowest BCUT2D eigenvalue weighted by Crippen LogP contribution is -2.53. The lowest BCUT2D eigenvalue weighted by Gasteiger charge is -2.32. The van der Waals surface area contributed by atoms with Gasteiger partial charge in [-0.25, -0.2) is 0 Å². The summed E-state index contributed by atoms with van der Waals surface area (Å²) in [6, 6.07) is 7.04. The van der Waals surface area contributed by atoms with E-state index >= 15 is 0 Å². The lowest BCUT2D eigenvalue weighted by atomic mass is 9.99. The third kappa shape index (κ3) is 2.60. The number of fused-ring (bicyclic) bond motifs is 1. The van der Waals surface area contributed by atoms with Crippen LogP contribution in [0.5, 0.6) is 0 Å². The summed E-state index contributed by atoms with van der Waals surface area (Å²) in [5.41, 5.74) is 2.33. The summed E-state index contributed by atoms with van der Waals surface area (Å²) >= 11 is 0. The highest BCUT2D eigenvalue weighted by Gasteiger charge is 2.27. The maximum atomic E-state index is 12.6. The number of nitrogens with zero attached hydrogens (tertiary/aromatic N) is 2. The van der Waals surface area contributed by atoms with Gasteiger partial charge < -0.3 is 15.5 Å². The van der Waals surface area contributed by atoms with Crippen LogP contribution in [0, 0.1) is 11.3 Å². The van der Waals surface area contributed by atoms with Crippen LogP contribution < -0.4 is 10.6 Å². The van der Waals surface area contributed by atoms with Gasteiger partial charge in [0.05, 0.1) is 6.07 Å². The van der Waals surface area contributed by atoms with Crippen molar-refractivity contribution in [2.75, 3.05) is 25.0 Å². The second kappa shape index (κ2) is 5.54. The largest absolute Gasteiger partial charge is 0.326 e. The number of rotatable bonds is 1. The van der Waals surface area contributed by atoms with E-state index in [0.29, 0.717) is 38.0 Å². The number of carbonyl (C=O) groups is 2. The summed E-state index contributed by atoms with van der Waals surface area (Å²) in [5, 5.41) is 15.1. The average Bonchev–Trinajstić information content (AvgIpc) is 2.53. The fourth-order valence-corrected chi connectivity index (χ4v) is 2.74. The molecule has 6 nitrogen and oxygen atoms in total. The van der Waals surface area contributed by atoms with Crippen molar-refractivity contribution in [2.24, 2.45) is 0 Å². The van der Waals surface area contributed by atoms with Crippen molar-refractivity contribution >= 4 is 17.5 Å². The van der Waals surface area contributed by atoms with Crippen LogP contribution >= 0.6 is 0 Å². The molecule has 1 aromatic carbocycles. The molecule has 108 valence electrons. The van der Waals surface area contributed by atoms with Crippen molar-refractivity contribution in [1.29, 1.82) is 5.26 Å². The first-order chi connectivity index (χ1) is 10.2. The van der Waals surface area contributed by atoms with Gasteiger partial charge in [0.15, 0.2) is 0 Å². The normalized spacial score (nSPS) is 21.2. The molecule has 3 rings (SSSR count). The predicted molar refractivity (Wildman–Crippen MR) is 76.7 cm³/mol. The van der Waals surface area contributed by atoms with E-state index in [2.05, 4.69) is 16.7 Å². The fraction of sp³-hybridized carbons (Fsp3) is 0.400. The Kier molecular flexibility index (Phi) is 3.59. The summed E-state index contributed by atoms with van der Waals surface area (Å²) in [5.74, 6) is -0.115. The Morgan fingerprint density at radius 2 is 2.24 bits per heavy atom. The number of hydrogen-bond donors (Lipinski definition) is 2. The molecule has 0 aliphatic carbocycles. The zero-order valence-corrected chi connectivity index (χ0v) is 11.6. The van der Waals surface area contributed by atoms with Crippen molar-refractivity contribution in [3.63, 3.8) is 0 Å². The second-order valence-electron chi connectivity index (χ2n) is 5.27. The first kappa shape index (κ1) is 13.6. The standard InChI is InChI=1S/C15H16N4O2/c16-8-12-9-17-5-6-19(12)15(21)11-1-3-13-10(7-11)2-4-14(20)18-13/h1,3,7,12,17H,2,4-6,9H2,(H,18,20). The molecule has 0 aromatic heterocycles. The van der Waals surface area contributed by atoms with Crippen LogP contribution in [-0.4, -0.2) is 42.4 Å². The van der Waals surface area contributed by atoms with Gasteiger partial charge in [0.1, 0.15) is 6.04 Å². The number of nitrogens with one attached hydrogen (secondary N) is 2. The zero-order chi connectivity index (χ0) is 14.8. The van der Waals surface area contributed by atoms with Crippen molar-refractivity contribution in [1.82, 2.24) is 10.2 Å². The van der Waals surface area contributed by atoms with Crippen LogP contribution in [0.3, 0.4) is 0 Å². The minimum atomic E-state index is -0.429. The molecule has 6 heteroatoms. The number of carbonyl (C=O) groups excluding carboxylic acids is 2. The fourth-order valence-electron chi connectivity index (χ4n) is 2.74. The average molecular weight is 284 g/mol. The maximum absolute atomic E-state index is 12.6. The van der Waals surface area contributed by atoms with E-state index in [1.165, 1.54) is 0 Å². The highest BCUT2D eigenvalue weighted by Crippen LogP contribution is 2.24. The van der Waals surface area contributed by atoms with Crippen LogP contribution in [0.4, 0.5) is 5.69 Å². The SMILES string of the molecule is N#CC1CNCCN1C(=O)c1ccc2c(c1)CCC(=O)N2. The molecule has 1 fully saturated rings. The van der Waals surface area contributed by atoms with Crippen LogP contribution in [0.25, 0.3) is 0 Å². The molecule has 2 heterocycles. The van der Waals surface area contributed by atoms with E-state index in [9.17, 15) is 9.59 Å². The molecule has 1 atom stereocenters. The molecular weight excluding hydrogens is 268 g/mol. The third-order valence-electron chi connectivity index (χ3n) is 3.90. The van der Waals surface area contributed by atoms with Crippen LogP contribution in [0.15, 0.2) is 18.2 Å². The summed E-state index contributed by atoms with van der Waals surface area (Å²) in [6.45, 7) is 1.74. The van der Waals surface area contributed by atoms with Gasteiger partial charge in [0.2, 0.25) is 5.91 Å². The molecule has 2 aliphatic rings. The van der Waals surface area contributed by atoms with Gasteiger partial charge in [-0.3, -0.25) is 9.59 Å². The molecular formula is C15H16N4O2. The van der Waals surface area contributed by atoms with Crippen molar-refractivity contribution in [2.45, 2.75) is 18.9 Å². The Morgan fingerprint density at radius 1 is 1.38 bits per heavy atom. The van der Waals surface area contributed by atoms with E-state index in [1.54, 1.807) is 17.0 Å². The number of anilines is 1. The van der Waals surface area contributed by atoms with Crippen molar-refractivity contribution < 1.29 is 9.59 Å². The Balaban J connectivity index is 1.85. The number of hydrogen-bond acceptors (Lipinski definition) is 4. The van der Waals surface area contributed by atoms with E-state index in [-0.39, 0.29) is 11.8 Å². The quantitative estimate of drug-likeness (QED) is 0.787. The highest BCUT2D eigenvalue weighted by molar-refractivity contribution is 5.98. The monoisotopic (exact) mass is 284 g/mol. The first-order valence-electron chi connectivity index (χ1n) is 7.03. The summed E-state index contributed by atoms with van der Waals surface area (Å²) in [4.78, 5) is 25.5.